The zero-order valence-corrected chi connectivity index (χ0v) is 14.1. The van der Waals surface area contributed by atoms with Gasteiger partial charge in [-0.2, -0.15) is 0 Å². The summed E-state index contributed by atoms with van der Waals surface area (Å²) in [7, 11) is 1.62. The zero-order chi connectivity index (χ0) is 15.2. The van der Waals surface area contributed by atoms with Gasteiger partial charge in [-0.25, -0.2) is 0 Å². The Labute approximate surface area is 129 Å². The number of rotatable bonds is 7. The Morgan fingerprint density at radius 3 is 2.75 bits per heavy atom. The minimum absolute atomic E-state index is 0.0857. The Hall–Kier alpha value is -0.490. The lowest BCUT2D eigenvalue weighted by Crippen LogP contribution is -2.41. The number of aromatic nitrogens is 1. The topological polar surface area (TPSA) is 57.2 Å². The van der Waals surface area contributed by atoms with Crippen LogP contribution in [0.25, 0.3) is 0 Å². The maximum absolute atomic E-state index is 12.3. The summed E-state index contributed by atoms with van der Waals surface area (Å²) in [6.45, 7) is 5.82. The van der Waals surface area contributed by atoms with Gasteiger partial charge in [-0.05, 0) is 39.7 Å². The van der Waals surface area contributed by atoms with Crippen molar-refractivity contribution in [2.75, 3.05) is 13.0 Å². The fourth-order valence-corrected chi connectivity index (χ4v) is 2.72. The molecule has 0 aliphatic heterocycles. The largest absolute Gasteiger partial charge is 0.598 e. The standard InChI is InChI=1S/C14H23ClN2O2S/c1-14(2,3)20(18)17-12(6-5-8-15)11-10-16-9-7-13(11)19-4/h7,9-10,12,17H,5-6,8H2,1-4H3. The van der Waals surface area contributed by atoms with Crippen molar-refractivity contribution in [3.63, 3.8) is 0 Å². The van der Waals surface area contributed by atoms with Crippen LogP contribution in [0.4, 0.5) is 0 Å². The fourth-order valence-electron chi connectivity index (χ4n) is 1.71. The van der Waals surface area contributed by atoms with Crippen LogP contribution in [-0.4, -0.2) is 27.3 Å². The SMILES string of the molecule is COc1ccncc1C(CCCCl)N[S+]([O-])C(C)(C)C. The molecule has 1 heterocycles. The van der Waals surface area contributed by atoms with E-state index >= 15 is 0 Å². The minimum Gasteiger partial charge on any atom is -0.598 e. The van der Waals surface area contributed by atoms with E-state index in [1.807, 2.05) is 26.8 Å². The molecular formula is C14H23ClN2O2S. The molecule has 0 saturated carbocycles. The molecular weight excluding hydrogens is 296 g/mol. The van der Waals surface area contributed by atoms with E-state index < -0.39 is 11.4 Å². The highest BCUT2D eigenvalue weighted by molar-refractivity contribution is 7.90. The van der Waals surface area contributed by atoms with Gasteiger partial charge in [0.2, 0.25) is 0 Å². The number of methoxy groups -OCH3 is 1. The zero-order valence-electron chi connectivity index (χ0n) is 12.5. The summed E-state index contributed by atoms with van der Waals surface area (Å²) in [5, 5.41) is 0. The summed E-state index contributed by atoms with van der Waals surface area (Å²) in [6.07, 6.45) is 5.05. The van der Waals surface area contributed by atoms with Crippen LogP contribution in [0.1, 0.15) is 45.2 Å². The Balaban J connectivity index is 2.94. The number of alkyl halides is 1. The number of hydrogen-bond donors (Lipinski definition) is 1. The second kappa shape index (κ2) is 8.08. The molecule has 0 aliphatic carbocycles. The van der Waals surface area contributed by atoms with Gasteiger partial charge in [0, 0.05) is 35.2 Å². The molecule has 2 unspecified atom stereocenters. The Kier molecular flexibility index (Phi) is 7.09. The number of halogens is 1. The fraction of sp³-hybridized carbons (Fsp3) is 0.643. The van der Waals surface area contributed by atoms with Crippen molar-refractivity contribution in [1.82, 2.24) is 9.71 Å². The van der Waals surface area contributed by atoms with Gasteiger partial charge in [0.15, 0.2) is 0 Å². The van der Waals surface area contributed by atoms with E-state index in [0.29, 0.717) is 5.88 Å². The van der Waals surface area contributed by atoms with Crippen molar-refractivity contribution in [3.05, 3.63) is 24.0 Å². The average Bonchev–Trinajstić information content (AvgIpc) is 2.42. The van der Waals surface area contributed by atoms with Crippen LogP contribution in [0.5, 0.6) is 5.75 Å². The third-order valence-electron chi connectivity index (χ3n) is 2.84. The molecule has 0 saturated heterocycles. The summed E-state index contributed by atoms with van der Waals surface area (Å²) >= 11 is 4.62. The highest BCUT2D eigenvalue weighted by Gasteiger charge is 2.30. The number of nitrogens with one attached hydrogen (secondary N) is 1. The number of ether oxygens (including phenoxy) is 1. The first-order valence-electron chi connectivity index (χ1n) is 6.62. The molecule has 0 aromatic carbocycles. The van der Waals surface area contributed by atoms with Crippen LogP contribution in [0, 0.1) is 0 Å². The lowest BCUT2D eigenvalue weighted by atomic mass is 10.0. The normalized spacial score (nSPS) is 14.9. The number of nitrogens with zero attached hydrogens (tertiary/aromatic N) is 1. The summed E-state index contributed by atoms with van der Waals surface area (Å²) < 4.78 is 20.5. The average molecular weight is 319 g/mol. The first kappa shape index (κ1) is 17.6. The van der Waals surface area contributed by atoms with Gasteiger partial charge in [-0.15, -0.1) is 16.3 Å². The Morgan fingerprint density at radius 1 is 1.50 bits per heavy atom. The lowest BCUT2D eigenvalue weighted by Gasteiger charge is -2.28. The molecule has 0 bridgehead atoms. The summed E-state index contributed by atoms with van der Waals surface area (Å²) in [6, 6.07) is 1.72. The second-order valence-corrected chi connectivity index (χ2v) is 7.88. The molecule has 1 aromatic heterocycles. The van der Waals surface area contributed by atoms with Crippen LogP contribution in [0.3, 0.4) is 0 Å². The predicted octanol–water partition coefficient (Wildman–Crippen LogP) is 3.20. The molecule has 4 nitrogen and oxygen atoms in total. The molecule has 1 N–H and O–H groups in total. The van der Waals surface area contributed by atoms with Crippen LogP contribution in [0.15, 0.2) is 18.5 Å². The van der Waals surface area contributed by atoms with Crippen LogP contribution in [-0.2, 0) is 11.4 Å². The first-order valence-corrected chi connectivity index (χ1v) is 8.30. The van der Waals surface area contributed by atoms with Crippen molar-refractivity contribution in [2.45, 2.75) is 44.4 Å². The molecule has 1 rings (SSSR count). The smallest absolute Gasteiger partial charge is 0.136 e. The molecule has 0 amide bonds. The lowest BCUT2D eigenvalue weighted by molar-refractivity contribution is 0.399. The van der Waals surface area contributed by atoms with Gasteiger partial charge in [0.1, 0.15) is 10.5 Å². The number of hydrogen-bond acceptors (Lipinski definition) is 4. The summed E-state index contributed by atoms with van der Waals surface area (Å²) in [5.74, 6) is 1.32. The monoisotopic (exact) mass is 318 g/mol. The van der Waals surface area contributed by atoms with Gasteiger partial charge >= 0.3 is 0 Å². The van der Waals surface area contributed by atoms with Crippen LogP contribution >= 0.6 is 11.6 Å². The highest BCUT2D eigenvalue weighted by Crippen LogP contribution is 2.29. The predicted molar refractivity (Wildman–Crippen MR) is 84.5 cm³/mol. The van der Waals surface area contributed by atoms with Gasteiger partial charge in [-0.3, -0.25) is 4.98 Å². The quantitative estimate of drug-likeness (QED) is 0.619. The van der Waals surface area contributed by atoms with Gasteiger partial charge < -0.3 is 9.29 Å². The van der Waals surface area contributed by atoms with Crippen molar-refractivity contribution < 1.29 is 9.29 Å². The van der Waals surface area contributed by atoms with Crippen molar-refractivity contribution in [2.24, 2.45) is 0 Å². The van der Waals surface area contributed by atoms with Crippen molar-refractivity contribution in [3.8, 4) is 5.75 Å². The highest BCUT2D eigenvalue weighted by atomic mass is 35.5. The van der Waals surface area contributed by atoms with E-state index in [9.17, 15) is 4.55 Å². The number of pyridine rings is 1. The molecule has 2 atom stereocenters. The third-order valence-corrected chi connectivity index (χ3v) is 4.72. The van der Waals surface area contributed by atoms with Gasteiger partial charge in [-0.1, -0.05) is 0 Å². The van der Waals surface area contributed by atoms with E-state index in [2.05, 4.69) is 9.71 Å². The first-order chi connectivity index (χ1) is 9.40. The van der Waals surface area contributed by atoms with Crippen LogP contribution < -0.4 is 9.46 Å². The van der Waals surface area contributed by atoms with Gasteiger partial charge in [0.25, 0.3) is 0 Å². The maximum Gasteiger partial charge on any atom is 0.136 e. The molecule has 0 spiro atoms. The van der Waals surface area contributed by atoms with Crippen molar-refractivity contribution >= 4 is 23.0 Å². The van der Waals surface area contributed by atoms with Crippen molar-refractivity contribution in [1.29, 1.82) is 0 Å². The molecule has 0 aliphatic rings. The maximum atomic E-state index is 12.3. The molecule has 114 valence electrons. The van der Waals surface area contributed by atoms with Gasteiger partial charge in [0.05, 0.1) is 13.2 Å². The molecule has 0 fully saturated rings. The molecule has 0 radical (unpaired) electrons. The second-order valence-electron chi connectivity index (χ2n) is 5.50. The molecule has 6 heteroatoms. The molecule has 1 aromatic rings. The van der Waals surface area contributed by atoms with E-state index in [1.54, 1.807) is 19.5 Å². The van der Waals surface area contributed by atoms with E-state index in [-0.39, 0.29) is 10.8 Å². The van der Waals surface area contributed by atoms with E-state index in [0.717, 1.165) is 24.2 Å². The summed E-state index contributed by atoms with van der Waals surface area (Å²) in [4.78, 5) is 4.14. The minimum atomic E-state index is -1.16. The van der Waals surface area contributed by atoms with E-state index in [1.165, 1.54) is 0 Å². The summed E-state index contributed by atoms with van der Waals surface area (Å²) in [5.41, 5.74) is 0.915. The Morgan fingerprint density at radius 2 is 2.20 bits per heavy atom. The Bertz CT molecular complexity index is 412. The van der Waals surface area contributed by atoms with E-state index in [4.69, 9.17) is 16.3 Å². The molecule has 20 heavy (non-hydrogen) atoms. The van der Waals surface area contributed by atoms with Crippen LogP contribution in [0.2, 0.25) is 0 Å². The third kappa shape index (κ3) is 5.13.